The summed E-state index contributed by atoms with van der Waals surface area (Å²) in [5.41, 5.74) is 0.450. The molecule has 0 saturated heterocycles. The van der Waals surface area contributed by atoms with Gasteiger partial charge in [-0.05, 0) is 63.3 Å². The highest BCUT2D eigenvalue weighted by atomic mass is 79.9. The molecule has 0 bridgehead atoms. The molecule has 3 aromatic heterocycles. The molecule has 0 fully saturated rings. The number of thiazole rings is 1. The second-order valence-corrected chi connectivity index (χ2v) is 8.90. The summed E-state index contributed by atoms with van der Waals surface area (Å²) in [6, 6.07) is 7.39. The Labute approximate surface area is 187 Å². The molecule has 4 rings (SSSR count). The molecular weight excluding hydrogens is 490 g/mol. The molecule has 30 heavy (non-hydrogen) atoms. The Bertz CT molecular complexity index is 1370. The first-order valence-electron chi connectivity index (χ1n) is 8.63. The Morgan fingerprint density at radius 3 is 2.80 bits per heavy atom. The highest BCUT2D eigenvalue weighted by Crippen LogP contribution is 2.37. The highest BCUT2D eigenvalue weighted by Gasteiger charge is 2.14. The topological polar surface area (TPSA) is 82.8 Å². The van der Waals surface area contributed by atoms with E-state index in [4.69, 9.17) is 9.47 Å². The van der Waals surface area contributed by atoms with Crippen molar-refractivity contribution in [2.75, 3.05) is 7.11 Å². The predicted molar refractivity (Wildman–Crippen MR) is 121 cm³/mol. The van der Waals surface area contributed by atoms with Gasteiger partial charge in [-0.15, -0.1) is 16.4 Å². The standard InChI is InChI=1S/C20H14BrN3O4S2/c1-11(25)28-18-14(21)8-12(9-15(18)27-2)10-16-19(26)24-20(30-16)22-17(23-24)6-5-13-4-3-7-29-13/h3-10H,1-2H3. The molecule has 4 aromatic rings. The third kappa shape index (κ3) is 4.20. The zero-order valence-electron chi connectivity index (χ0n) is 15.8. The van der Waals surface area contributed by atoms with Crippen LogP contribution in [0.15, 0.2) is 38.9 Å². The number of hydrogen-bond acceptors (Lipinski definition) is 8. The van der Waals surface area contributed by atoms with E-state index in [0.29, 0.717) is 31.1 Å². The number of nitrogens with zero attached hydrogens (tertiary/aromatic N) is 3. The van der Waals surface area contributed by atoms with Crippen molar-refractivity contribution in [2.24, 2.45) is 0 Å². The molecule has 7 nitrogen and oxygen atoms in total. The molecule has 0 atom stereocenters. The Kier molecular flexibility index (Phi) is 5.80. The minimum absolute atomic E-state index is 0.252. The fourth-order valence-corrected chi connectivity index (χ4v) is 4.75. The molecule has 0 N–H and O–H groups in total. The Hall–Kier alpha value is -2.82. The Morgan fingerprint density at radius 1 is 1.30 bits per heavy atom. The van der Waals surface area contributed by atoms with Crippen molar-refractivity contribution in [3.05, 3.63) is 65.3 Å². The summed E-state index contributed by atoms with van der Waals surface area (Å²) in [5, 5.41) is 6.27. The SMILES string of the molecule is COc1cc(C=c2sc3nc(C=Cc4cccs4)nn3c2=O)cc(Br)c1OC(C)=O. The fraction of sp³-hybridized carbons (Fsp3) is 0.100. The molecule has 1 aromatic carbocycles. The van der Waals surface area contributed by atoms with Gasteiger partial charge in [0.1, 0.15) is 0 Å². The number of benzene rings is 1. The molecule has 0 spiro atoms. The van der Waals surface area contributed by atoms with Gasteiger partial charge in [-0.2, -0.15) is 9.50 Å². The van der Waals surface area contributed by atoms with Crippen LogP contribution in [0.1, 0.15) is 23.2 Å². The summed E-state index contributed by atoms with van der Waals surface area (Å²) in [6.45, 7) is 1.31. The Balaban J connectivity index is 1.70. The highest BCUT2D eigenvalue weighted by molar-refractivity contribution is 9.10. The van der Waals surface area contributed by atoms with E-state index in [0.717, 1.165) is 4.88 Å². The molecule has 0 unspecified atom stereocenters. The summed E-state index contributed by atoms with van der Waals surface area (Å²) in [6.07, 6.45) is 5.41. The zero-order chi connectivity index (χ0) is 21.3. The maximum atomic E-state index is 12.7. The molecule has 0 aliphatic rings. The van der Waals surface area contributed by atoms with Gasteiger partial charge >= 0.3 is 5.97 Å². The van der Waals surface area contributed by atoms with Crippen LogP contribution in [-0.2, 0) is 4.79 Å². The predicted octanol–water partition coefficient (Wildman–Crippen LogP) is 3.63. The van der Waals surface area contributed by atoms with E-state index in [2.05, 4.69) is 26.0 Å². The second-order valence-electron chi connectivity index (χ2n) is 6.06. The third-order valence-electron chi connectivity index (χ3n) is 3.93. The van der Waals surface area contributed by atoms with E-state index in [9.17, 15) is 9.59 Å². The van der Waals surface area contributed by atoms with Gasteiger partial charge in [-0.3, -0.25) is 9.59 Å². The number of rotatable bonds is 5. The van der Waals surface area contributed by atoms with Crippen LogP contribution >= 0.6 is 38.6 Å². The zero-order valence-corrected chi connectivity index (χ0v) is 19.0. The third-order valence-corrected chi connectivity index (χ3v) is 6.32. The summed E-state index contributed by atoms with van der Waals surface area (Å²) in [7, 11) is 1.48. The molecule has 10 heteroatoms. The number of aromatic nitrogens is 3. The molecule has 152 valence electrons. The molecule has 0 radical (unpaired) electrons. The van der Waals surface area contributed by atoms with E-state index in [1.807, 2.05) is 23.6 Å². The van der Waals surface area contributed by atoms with Crippen molar-refractivity contribution in [3.8, 4) is 11.5 Å². The number of ether oxygens (including phenoxy) is 2. The van der Waals surface area contributed by atoms with Gasteiger partial charge in [-0.1, -0.05) is 17.4 Å². The first-order valence-corrected chi connectivity index (χ1v) is 11.1. The molecular formula is C20H14BrN3O4S2. The van der Waals surface area contributed by atoms with Crippen LogP contribution < -0.4 is 19.6 Å². The van der Waals surface area contributed by atoms with Gasteiger partial charge in [0.2, 0.25) is 4.96 Å². The number of methoxy groups -OCH3 is 1. The fourth-order valence-electron chi connectivity index (χ4n) is 2.68. The molecule has 3 heterocycles. The van der Waals surface area contributed by atoms with Crippen LogP contribution in [0, 0.1) is 0 Å². The van der Waals surface area contributed by atoms with E-state index in [-0.39, 0.29) is 11.3 Å². The number of thiophene rings is 1. The number of carbonyl (C=O) groups excluding carboxylic acids is 1. The molecule has 0 saturated carbocycles. The lowest BCUT2D eigenvalue weighted by atomic mass is 10.2. The van der Waals surface area contributed by atoms with E-state index in [1.54, 1.807) is 35.6 Å². The number of halogens is 1. The maximum Gasteiger partial charge on any atom is 0.308 e. The van der Waals surface area contributed by atoms with Crippen molar-refractivity contribution in [3.63, 3.8) is 0 Å². The van der Waals surface area contributed by atoms with Crippen LogP contribution in [0.5, 0.6) is 11.5 Å². The smallest absolute Gasteiger partial charge is 0.308 e. The minimum atomic E-state index is -0.456. The second kappa shape index (κ2) is 8.50. The van der Waals surface area contributed by atoms with Crippen LogP contribution in [0.2, 0.25) is 0 Å². The van der Waals surface area contributed by atoms with Gasteiger partial charge < -0.3 is 9.47 Å². The lowest BCUT2D eigenvalue weighted by molar-refractivity contribution is -0.132. The van der Waals surface area contributed by atoms with E-state index in [1.165, 1.54) is 29.9 Å². The van der Waals surface area contributed by atoms with Gasteiger partial charge in [0.25, 0.3) is 5.56 Å². The summed E-state index contributed by atoms with van der Waals surface area (Å²) < 4.78 is 12.8. The van der Waals surface area contributed by atoms with Gasteiger partial charge in [0.15, 0.2) is 17.3 Å². The number of esters is 1. The first-order chi connectivity index (χ1) is 14.4. The Morgan fingerprint density at radius 2 is 2.13 bits per heavy atom. The van der Waals surface area contributed by atoms with Crippen LogP contribution in [-0.4, -0.2) is 27.7 Å². The normalized spacial score (nSPS) is 12.2. The average molecular weight is 504 g/mol. The maximum absolute atomic E-state index is 12.7. The van der Waals surface area contributed by atoms with Crippen LogP contribution in [0.25, 0.3) is 23.2 Å². The number of hydrogen-bond donors (Lipinski definition) is 0. The van der Waals surface area contributed by atoms with Crippen LogP contribution in [0.4, 0.5) is 0 Å². The van der Waals surface area contributed by atoms with Crippen molar-refractivity contribution in [2.45, 2.75) is 6.92 Å². The largest absolute Gasteiger partial charge is 0.493 e. The summed E-state index contributed by atoms with van der Waals surface area (Å²) in [5.74, 6) is 0.684. The van der Waals surface area contributed by atoms with Crippen molar-refractivity contribution in [1.29, 1.82) is 0 Å². The van der Waals surface area contributed by atoms with Gasteiger partial charge in [0, 0.05) is 11.8 Å². The van der Waals surface area contributed by atoms with Gasteiger partial charge in [0.05, 0.1) is 16.1 Å². The van der Waals surface area contributed by atoms with E-state index >= 15 is 0 Å². The number of fused-ring (bicyclic) bond motifs is 1. The monoisotopic (exact) mass is 503 g/mol. The summed E-state index contributed by atoms with van der Waals surface area (Å²) in [4.78, 5) is 30.0. The molecule has 0 aliphatic carbocycles. The number of carbonyl (C=O) groups is 1. The molecule has 0 aliphatic heterocycles. The lowest BCUT2D eigenvalue weighted by Crippen LogP contribution is -2.23. The quantitative estimate of drug-likeness (QED) is 0.305. The lowest BCUT2D eigenvalue weighted by Gasteiger charge is -2.10. The summed E-state index contributed by atoms with van der Waals surface area (Å²) >= 11 is 6.24. The van der Waals surface area contributed by atoms with Gasteiger partial charge in [-0.25, -0.2) is 0 Å². The molecule has 0 amide bonds. The van der Waals surface area contributed by atoms with Crippen molar-refractivity contribution in [1.82, 2.24) is 14.6 Å². The minimum Gasteiger partial charge on any atom is -0.493 e. The van der Waals surface area contributed by atoms with Crippen LogP contribution in [0.3, 0.4) is 0 Å². The first kappa shape index (κ1) is 20.5. The van der Waals surface area contributed by atoms with E-state index < -0.39 is 5.97 Å². The van der Waals surface area contributed by atoms with Crippen molar-refractivity contribution < 1.29 is 14.3 Å². The average Bonchev–Trinajstić information content (AvgIpc) is 3.41. The van der Waals surface area contributed by atoms with Crippen molar-refractivity contribution >= 4 is 67.8 Å².